The van der Waals surface area contributed by atoms with Crippen molar-refractivity contribution in [2.45, 2.75) is 40.5 Å². The number of hydrogen-bond acceptors (Lipinski definition) is 7. The molecule has 2 heterocycles. The molecule has 0 aliphatic carbocycles. The lowest BCUT2D eigenvalue weighted by Gasteiger charge is -2.13. The fraction of sp³-hybridized carbons (Fsp3) is 0.261. The molecule has 0 radical (unpaired) electrons. The molecular formula is C23H26N6O4. The van der Waals surface area contributed by atoms with Crippen LogP contribution in [0.3, 0.4) is 0 Å². The molecule has 172 valence electrons. The number of hydrazine groups is 1. The molecule has 10 nitrogen and oxygen atoms in total. The Bertz CT molecular complexity index is 1190. The maximum absolute atomic E-state index is 12.7. The first kappa shape index (κ1) is 23.5. The number of anilines is 1. The SMILES string of the molecule is Cc1ccc(CNC(=O)Cn2c(C)cnc(NNC(=O)OCc3ccccc3)c2=O)c(C)n1. The van der Waals surface area contributed by atoms with Gasteiger partial charge in [0.05, 0.1) is 0 Å². The third-order valence-corrected chi connectivity index (χ3v) is 4.86. The van der Waals surface area contributed by atoms with Gasteiger partial charge in [-0.3, -0.25) is 24.6 Å². The molecule has 0 unspecified atom stereocenters. The van der Waals surface area contributed by atoms with Crippen LogP contribution in [0.2, 0.25) is 0 Å². The summed E-state index contributed by atoms with van der Waals surface area (Å²) in [5, 5.41) is 2.79. The predicted molar refractivity (Wildman–Crippen MR) is 122 cm³/mol. The van der Waals surface area contributed by atoms with E-state index in [9.17, 15) is 14.4 Å². The Morgan fingerprint density at radius 3 is 2.55 bits per heavy atom. The van der Waals surface area contributed by atoms with E-state index in [0.717, 1.165) is 22.5 Å². The Labute approximate surface area is 191 Å². The van der Waals surface area contributed by atoms with Crippen molar-refractivity contribution in [2.24, 2.45) is 0 Å². The molecule has 2 amide bonds. The summed E-state index contributed by atoms with van der Waals surface area (Å²) in [4.78, 5) is 45.4. The highest BCUT2D eigenvalue weighted by molar-refractivity contribution is 5.76. The summed E-state index contributed by atoms with van der Waals surface area (Å²) in [7, 11) is 0. The average molecular weight is 450 g/mol. The van der Waals surface area contributed by atoms with Gasteiger partial charge in [-0.05, 0) is 38.0 Å². The van der Waals surface area contributed by atoms with E-state index >= 15 is 0 Å². The van der Waals surface area contributed by atoms with Gasteiger partial charge in [0.15, 0.2) is 0 Å². The molecule has 3 aromatic rings. The van der Waals surface area contributed by atoms with Crippen LogP contribution >= 0.6 is 0 Å². The molecule has 0 aliphatic rings. The zero-order valence-corrected chi connectivity index (χ0v) is 18.7. The van der Waals surface area contributed by atoms with Gasteiger partial charge < -0.3 is 10.1 Å². The van der Waals surface area contributed by atoms with Crippen molar-refractivity contribution in [3.8, 4) is 0 Å². The van der Waals surface area contributed by atoms with Crippen LogP contribution in [-0.4, -0.2) is 26.5 Å². The van der Waals surface area contributed by atoms with Crippen LogP contribution in [0, 0.1) is 20.8 Å². The summed E-state index contributed by atoms with van der Waals surface area (Å²) in [5.41, 5.74) is 8.13. The second kappa shape index (κ2) is 10.9. The second-order valence-corrected chi connectivity index (χ2v) is 7.43. The minimum absolute atomic E-state index is 0.0794. The average Bonchev–Trinajstić information content (AvgIpc) is 2.80. The van der Waals surface area contributed by atoms with E-state index in [0.29, 0.717) is 12.2 Å². The zero-order chi connectivity index (χ0) is 23.8. The third kappa shape index (κ3) is 6.63. The lowest BCUT2D eigenvalue weighted by molar-refractivity contribution is -0.121. The molecule has 3 N–H and O–H groups in total. The van der Waals surface area contributed by atoms with Gasteiger partial charge in [0.2, 0.25) is 11.7 Å². The topological polar surface area (TPSA) is 127 Å². The van der Waals surface area contributed by atoms with Gasteiger partial charge in [-0.15, -0.1) is 0 Å². The van der Waals surface area contributed by atoms with Crippen molar-refractivity contribution < 1.29 is 14.3 Å². The number of nitrogens with zero attached hydrogens (tertiary/aromatic N) is 3. The number of carbonyl (C=O) groups excluding carboxylic acids is 2. The van der Waals surface area contributed by atoms with Crippen LogP contribution in [0.1, 0.15) is 28.2 Å². The summed E-state index contributed by atoms with van der Waals surface area (Å²) in [6.45, 7) is 5.63. The predicted octanol–water partition coefficient (Wildman–Crippen LogP) is 2.13. The van der Waals surface area contributed by atoms with Crippen molar-refractivity contribution in [3.63, 3.8) is 0 Å². The number of aromatic nitrogens is 3. The van der Waals surface area contributed by atoms with Gasteiger partial charge >= 0.3 is 6.09 Å². The molecule has 0 saturated carbocycles. The molecule has 0 fully saturated rings. The number of carbonyl (C=O) groups is 2. The molecule has 0 atom stereocenters. The zero-order valence-electron chi connectivity index (χ0n) is 18.7. The Morgan fingerprint density at radius 1 is 1.06 bits per heavy atom. The first-order valence-electron chi connectivity index (χ1n) is 10.3. The van der Waals surface area contributed by atoms with E-state index in [2.05, 4.69) is 26.1 Å². The molecule has 0 aliphatic heterocycles. The number of pyridine rings is 1. The number of benzene rings is 1. The summed E-state index contributed by atoms with van der Waals surface area (Å²) >= 11 is 0. The number of rotatable bonds is 8. The van der Waals surface area contributed by atoms with Crippen LogP contribution in [0.4, 0.5) is 10.6 Å². The van der Waals surface area contributed by atoms with Crippen molar-refractivity contribution in [3.05, 3.63) is 87.2 Å². The third-order valence-electron chi connectivity index (χ3n) is 4.86. The normalized spacial score (nSPS) is 10.4. The highest BCUT2D eigenvalue weighted by Crippen LogP contribution is 2.06. The van der Waals surface area contributed by atoms with Gasteiger partial charge in [0.1, 0.15) is 13.2 Å². The molecule has 0 saturated heterocycles. The number of amides is 2. The first-order chi connectivity index (χ1) is 15.8. The van der Waals surface area contributed by atoms with Crippen LogP contribution in [-0.2, 0) is 29.2 Å². The van der Waals surface area contributed by atoms with Crippen molar-refractivity contribution in [1.82, 2.24) is 25.3 Å². The van der Waals surface area contributed by atoms with Crippen molar-refractivity contribution in [1.29, 1.82) is 0 Å². The second-order valence-electron chi connectivity index (χ2n) is 7.43. The first-order valence-corrected chi connectivity index (χ1v) is 10.3. The summed E-state index contributed by atoms with van der Waals surface area (Å²) in [6.07, 6.45) is 0.661. The largest absolute Gasteiger partial charge is 0.443 e. The number of nitrogens with one attached hydrogen (secondary N) is 3. The summed E-state index contributed by atoms with van der Waals surface area (Å²) < 4.78 is 6.35. The number of hydrogen-bond donors (Lipinski definition) is 3. The van der Waals surface area contributed by atoms with E-state index in [-0.39, 0.29) is 24.9 Å². The molecule has 3 rings (SSSR count). The Kier molecular flexibility index (Phi) is 7.74. The van der Waals surface area contributed by atoms with Gasteiger partial charge in [0.25, 0.3) is 5.56 Å². The smallest absolute Gasteiger partial charge is 0.426 e. The maximum atomic E-state index is 12.7. The Balaban J connectivity index is 1.56. The monoisotopic (exact) mass is 450 g/mol. The number of aryl methyl sites for hydroxylation is 3. The highest BCUT2D eigenvalue weighted by Gasteiger charge is 2.13. The van der Waals surface area contributed by atoms with E-state index in [4.69, 9.17) is 4.74 Å². The summed E-state index contributed by atoms with van der Waals surface area (Å²) in [6, 6.07) is 13.0. The molecule has 33 heavy (non-hydrogen) atoms. The standard InChI is InChI=1S/C23H26N6O4/c1-15-9-10-19(17(3)26-15)12-24-20(30)13-29-16(2)11-25-21(22(29)31)27-28-23(32)33-14-18-7-5-4-6-8-18/h4-11H,12-14H2,1-3H3,(H,24,30)(H,25,27)(H,28,32). The lowest BCUT2D eigenvalue weighted by Crippen LogP contribution is -2.38. The van der Waals surface area contributed by atoms with E-state index in [1.807, 2.05) is 56.3 Å². The van der Waals surface area contributed by atoms with Gasteiger partial charge in [-0.2, -0.15) is 0 Å². The van der Waals surface area contributed by atoms with Crippen LogP contribution in [0.5, 0.6) is 0 Å². The maximum Gasteiger partial charge on any atom is 0.426 e. The van der Waals surface area contributed by atoms with E-state index in [1.165, 1.54) is 10.8 Å². The summed E-state index contributed by atoms with van der Waals surface area (Å²) in [5.74, 6) is -0.476. The molecule has 0 bridgehead atoms. The fourth-order valence-corrected chi connectivity index (χ4v) is 3.02. The van der Waals surface area contributed by atoms with Crippen LogP contribution < -0.4 is 21.7 Å². The molecule has 10 heteroatoms. The lowest BCUT2D eigenvalue weighted by atomic mass is 10.2. The highest BCUT2D eigenvalue weighted by atomic mass is 16.6. The molecule has 0 spiro atoms. The van der Waals surface area contributed by atoms with E-state index < -0.39 is 11.7 Å². The Morgan fingerprint density at radius 2 is 1.82 bits per heavy atom. The number of ether oxygens (including phenoxy) is 1. The minimum Gasteiger partial charge on any atom is -0.443 e. The Hall–Kier alpha value is -4.21. The molecular weight excluding hydrogens is 424 g/mol. The molecule has 1 aromatic carbocycles. The van der Waals surface area contributed by atoms with Crippen LogP contribution in [0.25, 0.3) is 0 Å². The van der Waals surface area contributed by atoms with E-state index in [1.54, 1.807) is 6.92 Å². The van der Waals surface area contributed by atoms with Gasteiger partial charge in [0, 0.05) is 29.8 Å². The van der Waals surface area contributed by atoms with Gasteiger partial charge in [-0.25, -0.2) is 15.2 Å². The van der Waals surface area contributed by atoms with Crippen LogP contribution in [0.15, 0.2) is 53.5 Å². The molecule has 2 aromatic heterocycles. The quantitative estimate of drug-likeness (QED) is 0.449. The fourth-order valence-electron chi connectivity index (χ4n) is 3.02. The van der Waals surface area contributed by atoms with Crippen molar-refractivity contribution >= 4 is 17.8 Å². The minimum atomic E-state index is -0.771. The van der Waals surface area contributed by atoms with Gasteiger partial charge in [-0.1, -0.05) is 36.4 Å². The van der Waals surface area contributed by atoms with Crippen molar-refractivity contribution in [2.75, 3.05) is 5.43 Å².